The van der Waals surface area contributed by atoms with Crippen molar-refractivity contribution in [1.29, 1.82) is 0 Å². The second kappa shape index (κ2) is 7.70. The number of rotatable bonds is 6. The molecule has 2 aromatic carbocycles. The van der Waals surface area contributed by atoms with Gasteiger partial charge >= 0.3 is 0 Å². The van der Waals surface area contributed by atoms with Crippen molar-refractivity contribution in [3.63, 3.8) is 0 Å². The van der Waals surface area contributed by atoms with Gasteiger partial charge in [0.2, 0.25) is 5.91 Å². The first-order valence-electron chi connectivity index (χ1n) is 8.11. The Morgan fingerprint density at radius 3 is 2.32 bits per heavy atom. The minimum Gasteiger partial charge on any atom is -0.483 e. The number of hydrogen-bond acceptors (Lipinski definition) is 3. The number of benzene rings is 2. The van der Waals surface area contributed by atoms with E-state index < -0.39 is 0 Å². The highest BCUT2D eigenvalue weighted by molar-refractivity contribution is 9.10. The monoisotopic (exact) mass is 402 g/mol. The van der Waals surface area contributed by atoms with E-state index in [9.17, 15) is 9.59 Å². The van der Waals surface area contributed by atoms with Gasteiger partial charge in [0.25, 0.3) is 5.91 Å². The molecule has 0 aromatic heterocycles. The molecule has 1 aliphatic carbocycles. The van der Waals surface area contributed by atoms with Crippen molar-refractivity contribution >= 4 is 39.1 Å². The van der Waals surface area contributed by atoms with E-state index in [0.717, 1.165) is 28.6 Å². The van der Waals surface area contributed by atoms with E-state index >= 15 is 0 Å². The molecule has 0 heterocycles. The van der Waals surface area contributed by atoms with Gasteiger partial charge in [-0.3, -0.25) is 9.59 Å². The zero-order valence-electron chi connectivity index (χ0n) is 13.8. The van der Waals surface area contributed by atoms with E-state index in [1.54, 1.807) is 24.3 Å². The second-order valence-electron chi connectivity index (χ2n) is 6.11. The summed E-state index contributed by atoms with van der Waals surface area (Å²) < 4.78 is 6.34. The zero-order chi connectivity index (χ0) is 17.8. The Morgan fingerprint density at radius 1 is 1.08 bits per heavy atom. The number of carbonyl (C=O) groups is 2. The van der Waals surface area contributed by atoms with Gasteiger partial charge in [-0.25, -0.2) is 0 Å². The van der Waals surface area contributed by atoms with Gasteiger partial charge in [-0.15, -0.1) is 0 Å². The van der Waals surface area contributed by atoms with Gasteiger partial charge in [-0.1, -0.05) is 6.07 Å². The third-order valence-electron chi connectivity index (χ3n) is 3.83. The van der Waals surface area contributed by atoms with Gasteiger partial charge in [0.1, 0.15) is 5.75 Å². The molecule has 0 saturated heterocycles. The summed E-state index contributed by atoms with van der Waals surface area (Å²) in [5, 5.41) is 5.63. The minimum atomic E-state index is -0.248. The summed E-state index contributed by atoms with van der Waals surface area (Å²) in [4.78, 5) is 23.7. The zero-order valence-corrected chi connectivity index (χ0v) is 15.4. The quantitative estimate of drug-likeness (QED) is 0.763. The van der Waals surface area contributed by atoms with Gasteiger partial charge in [-0.2, -0.15) is 0 Å². The van der Waals surface area contributed by atoms with Crippen molar-refractivity contribution in [2.45, 2.75) is 19.8 Å². The Morgan fingerprint density at radius 2 is 1.72 bits per heavy atom. The Balaban J connectivity index is 1.49. The third-order valence-corrected chi connectivity index (χ3v) is 4.45. The maximum absolute atomic E-state index is 12.0. The van der Waals surface area contributed by atoms with Crippen molar-refractivity contribution in [2.75, 3.05) is 17.2 Å². The van der Waals surface area contributed by atoms with E-state index in [2.05, 4.69) is 26.6 Å². The largest absolute Gasteiger partial charge is 0.483 e. The van der Waals surface area contributed by atoms with Crippen LogP contribution in [0.25, 0.3) is 0 Å². The van der Waals surface area contributed by atoms with Crippen LogP contribution in [0.4, 0.5) is 11.4 Å². The van der Waals surface area contributed by atoms with Gasteiger partial charge in [0.15, 0.2) is 6.61 Å². The van der Waals surface area contributed by atoms with Crippen molar-refractivity contribution in [3.05, 3.63) is 52.5 Å². The van der Waals surface area contributed by atoms with Crippen LogP contribution in [0.1, 0.15) is 18.4 Å². The van der Waals surface area contributed by atoms with Crippen molar-refractivity contribution in [2.24, 2.45) is 5.92 Å². The molecule has 0 aliphatic heterocycles. The smallest absolute Gasteiger partial charge is 0.262 e. The maximum Gasteiger partial charge on any atom is 0.262 e. The number of ether oxygens (including phenoxy) is 1. The molecule has 0 atom stereocenters. The summed E-state index contributed by atoms with van der Waals surface area (Å²) in [6.07, 6.45) is 1.94. The van der Waals surface area contributed by atoms with Crippen molar-refractivity contribution in [3.8, 4) is 5.75 Å². The van der Waals surface area contributed by atoms with Gasteiger partial charge in [0.05, 0.1) is 4.47 Å². The molecule has 3 rings (SSSR count). The van der Waals surface area contributed by atoms with E-state index in [4.69, 9.17) is 4.74 Å². The van der Waals surface area contributed by atoms with E-state index in [-0.39, 0.29) is 24.3 Å². The number of aryl methyl sites for hydroxylation is 1. The van der Waals surface area contributed by atoms with Gasteiger partial charge in [-0.05, 0) is 77.7 Å². The Labute approximate surface area is 154 Å². The maximum atomic E-state index is 12.0. The Bertz CT molecular complexity index is 786. The summed E-state index contributed by atoms with van der Waals surface area (Å²) in [5.41, 5.74) is 2.49. The third kappa shape index (κ3) is 5.06. The SMILES string of the molecule is Cc1ccc(OCC(=O)Nc2ccc(NC(=O)C3CC3)cc2)c(Br)c1. The molecule has 2 amide bonds. The molecule has 1 aliphatic rings. The van der Waals surface area contributed by atoms with Crippen molar-refractivity contribution in [1.82, 2.24) is 0 Å². The molecule has 0 radical (unpaired) electrons. The summed E-state index contributed by atoms with van der Waals surface area (Å²) in [6.45, 7) is 1.90. The van der Waals surface area contributed by atoms with E-state index in [1.165, 1.54) is 0 Å². The standard InChI is InChI=1S/C19H19BrN2O3/c1-12-2-9-17(16(20)10-12)25-11-18(23)21-14-5-7-15(8-6-14)22-19(24)13-3-4-13/h2,5-10,13H,3-4,11H2,1H3,(H,21,23)(H,22,24). The fourth-order valence-corrected chi connectivity index (χ4v) is 2.90. The molecule has 0 unspecified atom stereocenters. The first kappa shape index (κ1) is 17.5. The fourth-order valence-electron chi connectivity index (χ4n) is 2.29. The molecule has 1 saturated carbocycles. The minimum absolute atomic E-state index is 0.0638. The summed E-state index contributed by atoms with van der Waals surface area (Å²) in [6, 6.07) is 12.7. The lowest BCUT2D eigenvalue weighted by Crippen LogP contribution is -2.20. The molecule has 1 fully saturated rings. The highest BCUT2D eigenvalue weighted by Gasteiger charge is 2.29. The first-order chi connectivity index (χ1) is 12.0. The van der Waals surface area contributed by atoms with Gasteiger partial charge in [0, 0.05) is 17.3 Å². The number of halogens is 1. The van der Waals surface area contributed by atoms with Crippen LogP contribution in [0.3, 0.4) is 0 Å². The van der Waals surface area contributed by atoms with Crippen LogP contribution in [0.5, 0.6) is 5.75 Å². The average molecular weight is 403 g/mol. The molecule has 0 spiro atoms. The van der Waals surface area contributed by atoms with E-state index in [0.29, 0.717) is 11.4 Å². The summed E-state index contributed by atoms with van der Waals surface area (Å²) >= 11 is 3.41. The average Bonchev–Trinajstić information content (AvgIpc) is 3.41. The Kier molecular flexibility index (Phi) is 5.38. The lowest BCUT2D eigenvalue weighted by atomic mass is 10.2. The molecule has 25 heavy (non-hydrogen) atoms. The van der Waals surface area contributed by atoms with Crippen LogP contribution in [0.15, 0.2) is 46.9 Å². The highest BCUT2D eigenvalue weighted by atomic mass is 79.9. The predicted molar refractivity (Wildman–Crippen MR) is 101 cm³/mol. The van der Waals surface area contributed by atoms with Crippen LogP contribution in [-0.4, -0.2) is 18.4 Å². The molecular formula is C19H19BrN2O3. The molecule has 130 valence electrons. The lowest BCUT2D eigenvalue weighted by Gasteiger charge is -2.10. The number of amides is 2. The van der Waals surface area contributed by atoms with Crippen LogP contribution in [0, 0.1) is 12.8 Å². The van der Waals surface area contributed by atoms with Crippen LogP contribution in [0.2, 0.25) is 0 Å². The number of carbonyl (C=O) groups excluding carboxylic acids is 2. The molecule has 2 aromatic rings. The molecule has 2 N–H and O–H groups in total. The van der Waals surface area contributed by atoms with E-state index in [1.807, 2.05) is 25.1 Å². The summed E-state index contributed by atoms with van der Waals surface area (Å²) in [5.74, 6) is 0.604. The van der Waals surface area contributed by atoms with Crippen molar-refractivity contribution < 1.29 is 14.3 Å². The number of hydrogen-bond donors (Lipinski definition) is 2. The molecular weight excluding hydrogens is 384 g/mol. The molecule has 6 heteroatoms. The predicted octanol–water partition coefficient (Wildman–Crippen LogP) is 4.12. The number of anilines is 2. The van der Waals surface area contributed by atoms with Crippen LogP contribution < -0.4 is 15.4 Å². The first-order valence-corrected chi connectivity index (χ1v) is 8.90. The second-order valence-corrected chi connectivity index (χ2v) is 6.97. The lowest BCUT2D eigenvalue weighted by molar-refractivity contribution is -0.118. The molecule has 0 bridgehead atoms. The van der Waals surface area contributed by atoms with Crippen LogP contribution in [-0.2, 0) is 9.59 Å². The topological polar surface area (TPSA) is 67.4 Å². The highest BCUT2D eigenvalue weighted by Crippen LogP contribution is 2.30. The fraction of sp³-hybridized carbons (Fsp3) is 0.263. The Hall–Kier alpha value is -2.34. The van der Waals surface area contributed by atoms with Crippen LogP contribution >= 0.6 is 15.9 Å². The number of nitrogens with one attached hydrogen (secondary N) is 2. The summed E-state index contributed by atoms with van der Waals surface area (Å²) in [7, 11) is 0. The molecule has 5 nitrogen and oxygen atoms in total. The van der Waals surface area contributed by atoms with Gasteiger partial charge < -0.3 is 15.4 Å². The normalized spacial score (nSPS) is 13.2.